The maximum atomic E-state index is 13.3. The molecule has 0 spiro atoms. The number of amides is 4. The van der Waals surface area contributed by atoms with E-state index < -0.39 is 53.8 Å². The van der Waals surface area contributed by atoms with Gasteiger partial charge < -0.3 is 32.1 Å². The highest BCUT2D eigenvalue weighted by Crippen LogP contribution is 2.21. The number of carboxylic acids is 1. The SMILES string of the molecule is CCC(C)C(N)C(=O)NC(CCC(N)=O)C(=O)N1CCCC1C(=O)NC(C(=O)O)C(C)CC. The first-order valence-electron chi connectivity index (χ1n) is 11.6. The highest BCUT2D eigenvalue weighted by Gasteiger charge is 2.39. The van der Waals surface area contributed by atoms with E-state index in [9.17, 15) is 29.1 Å². The first-order valence-corrected chi connectivity index (χ1v) is 11.6. The van der Waals surface area contributed by atoms with Crippen molar-refractivity contribution in [2.75, 3.05) is 6.54 Å². The number of primary amides is 1. The summed E-state index contributed by atoms with van der Waals surface area (Å²) in [5, 5.41) is 14.6. The van der Waals surface area contributed by atoms with E-state index in [1.165, 1.54) is 4.90 Å². The zero-order valence-corrected chi connectivity index (χ0v) is 20.0. The summed E-state index contributed by atoms with van der Waals surface area (Å²) in [7, 11) is 0. The first kappa shape index (κ1) is 28.3. The molecule has 1 saturated heterocycles. The topological polar surface area (TPSA) is 185 Å². The van der Waals surface area contributed by atoms with Gasteiger partial charge >= 0.3 is 5.97 Å². The molecule has 11 nitrogen and oxygen atoms in total. The summed E-state index contributed by atoms with van der Waals surface area (Å²) in [6.45, 7) is 7.55. The maximum Gasteiger partial charge on any atom is 0.326 e. The van der Waals surface area contributed by atoms with Gasteiger partial charge in [-0.2, -0.15) is 0 Å². The van der Waals surface area contributed by atoms with Crippen LogP contribution in [0.15, 0.2) is 0 Å². The van der Waals surface area contributed by atoms with E-state index in [-0.39, 0.29) is 31.2 Å². The zero-order chi connectivity index (χ0) is 25.3. The Morgan fingerprint density at radius 2 is 1.67 bits per heavy atom. The molecule has 1 aliphatic rings. The Kier molecular flexibility index (Phi) is 11.3. The molecule has 1 aliphatic heterocycles. The molecule has 1 heterocycles. The molecule has 188 valence electrons. The standard InChI is InChI=1S/C22H39N5O6/c1-5-12(3)17(24)20(30)25-14(9-10-16(23)28)21(31)27-11-7-8-15(27)19(29)26-18(22(32)33)13(4)6-2/h12-15,17-18H,5-11,24H2,1-4H3,(H2,23,28)(H,25,30)(H,26,29)(H,32,33). The Labute approximate surface area is 195 Å². The van der Waals surface area contributed by atoms with E-state index in [1.807, 2.05) is 20.8 Å². The Morgan fingerprint density at radius 3 is 2.18 bits per heavy atom. The molecule has 7 N–H and O–H groups in total. The number of hydrogen-bond donors (Lipinski definition) is 5. The predicted molar refractivity (Wildman–Crippen MR) is 122 cm³/mol. The third kappa shape index (κ3) is 7.99. The van der Waals surface area contributed by atoms with Gasteiger partial charge in [0.05, 0.1) is 6.04 Å². The highest BCUT2D eigenvalue weighted by molar-refractivity contribution is 5.94. The highest BCUT2D eigenvalue weighted by atomic mass is 16.4. The third-order valence-electron chi connectivity index (χ3n) is 6.47. The van der Waals surface area contributed by atoms with Gasteiger partial charge in [-0.05, 0) is 31.1 Å². The summed E-state index contributed by atoms with van der Waals surface area (Å²) in [5.74, 6) is -3.76. The van der Waals surface area contributed by atoms with Crippen LogP contribution in [0.4, 0.5) is 0 Å². The first-order chi connectivity index (χ1) is 15.4. The minimum Gasteiger partial charge on any atom is -0.480 e. The number of rotatable bonds is 13. The van der Waals surface area contributed by atoms with E-state index in [0.29, 0.717) is 25.7 Å². The van der Waals surface area contributed by atoms with E-state index in [4.69, 9.17) is 11.5 Å². The summed E-state index contributed by atoms with van der Waals surface area (Å²) in [5.41, 5.74) is 11.2. The predicted octanol–water partition coefficient (Wildman–Crippen LogP) is -0.283. The van der Waals surface area contributed by atoms with Crippen LogP contribution in [-0.4, -0.2) is 70.3 Å². The van der Waals surface area contributed by atoms with Crippen molar-refractivity contribution in [3.63, 3.8) is 0 Å². The fraction of sp³-hybridized carbons (Fsp3) is 0.773. The van der Waals surface area contributed by atoms with Gasteiger partial charge in [0.25, 0.3) is 0 Å². The Bertz CT molecular complexity index is 730. The largest absolute Gasteiger partial charge is 0.480 e. The third-order valence-corrected chi connectivity index (χ3v) is 6.47. The number of nitrogens with zero attached hydrogens (tertiary/aromatic N) is 1. The van der Waals surface area contributed by atoms with Crippen LogP contribution in [0.5, 0.6) is 0 Å². The molecule has 0 bridgehead atoms. The second kappa shape index (κ2) is 13.1. The molecule has 33 heavy (non-hydrogen) atoms. The number of nitrogens with two attached hydrogens (primary N) is 2. The average Bonchev–Trinajstić information content (AvgIpc) is 3.27. The molecule has 4 amide bonds. The van der Waals surface area contributed by atoms with Gasteiger partial charge in [-0.1, -0.05) is 40.5 Å². The molecule has 0 aliphatic carbocycles. The van der Waals surface area contributed by atoms with Crippen LogP contribution in [0.3, 0.4) is 0 Å². The molecule has 0 aromatic heterocycles. The van der Waals surface area contributed by atoms with Crippen molar-refractivity contribution in [1.82, 2.24) is 15.5 Å². The molecule has 1 rings (SSSR count). The lowest BCUT2D eigenvalue weighted by molar-refractivity contribution is -0.146. The van der Waals surface area contributed by atoms with Crippen LogP contribution >= 0.6 is 0 Å². The molecule has 11 heteroatoms. The van der Waals surface area contributed by atoms with Crippen molar-refractivity contribution in [3.8, 4) is 0 Å². The smallest absolute Gasteiger partial charge is 0.326 e. The zero-order valence-electron chi connectivity index (χ0n) is 20.0. The number of nitrogens with one attached hydrogen (secondary N) is 2. The maximum absolute atomic E-state index is 13.3. The molecular weight excluding hydrogens is 430 g/mol. The second-order valence-electron chi connectivity index (χ2n) is 8.88. The van der Waals surface area contributed by atoms with Crippen LogP contribution in [-0.2, 0) is 24.0 Å². The van der Waals surface area contributed by atoms with Gasteiger partial charge in [0.1, 0.15) is 18.1 Å². The Morgan fingerprint density at radius 1 is 1.06 bits per heavy atom. The van der Waals surface area contributed by atoms with E-state index in [0.717, 1.165) is 0 Å². The lowest BCUT2D eigenvalue weighted by Crippen LogP contribution is -2.58. The van der Waals surface area contributed by atoms with Gasteiger partial charge in [0.2, 0.25) is 23.6 Å². The summed E-state index contributed by atoms with van der Waals surface area (Å²) in [6.07, 6.45) is 1.99. The number of carbonyl (C=O) groups excluding carboxylic acids is 4. The molecule has 0 aromatic rings. The minimum atomic E-state index is -1.14. The van der Waals surface area contributed by atoms with Crippen molar-refractivity contribution >= 4 is 29.6 Å². The summed E-state index contributed by atoms with van der Waals surface area (Å²) < 4.78 is 0. The molecule has 6 unspecified atom stereocenters. The van der Waals surface area contributed by atoms with Gasteiger partial charge in [-0.25, -0.2) is 4.79 Å². The monoisotopic (exact) mass is 469 g/mol. The van der Waals surface area contributed by atoms with E-state index >= 15 is 0 Å². The molecule has 0 radical (unpaired) electrons. The van der Waals surface area contributed by atoms with Crippen LogP contribution in [0.1, 0.15) is 66.2 Å². The minimum absolute atomic E-state index is 0.0252. The van der Waals surface area contributed by atoms with Crippen LogP contribution in [0, 0.1) is 11.8 Å². The van der Waals surface area contributed by atoms with Gasteiger partial charge in [0, 0.05) is 13.0 Å². The van der Waals surface area contributed by atoms with Gasteiger partial charge in [0.15, 0.2) is 0 Å². The summed E-state index contributed by atoms with van der Waals surface area (Å²) in [6, 6.07) is -3.83. The number of likely N-dealkylation sites (tertiary alicyclic amines) is 1. The Hall–Kier alpha value is -2.69. The molecule has 1 fully saturated rings. The Balaban J connectivity index is 3.02. The van der Waals surface area contributed by atoms with Gasteiger partial charge in [-0.15, -0.1) is 0 Å². The van der Waals surface area contributed by atoms with Crippen LogP contribution in [0.2, 0.25) is 0 Å². The van der Waals surface area contributed by atoms with Crippen molar-refractivity contribution in [3.05, 3.63) is 0 Å². The fourth-order valence-corrected chi connectivity index (χ4v) is 3.76. The lowest BCUT2D eigenvalue weighted by Gasteiger charge is -2.31. The van der Waals surface area contributed by atoms with Crippen molar-refractivity contribution in [2.45, 2.75) is 90.4 Å². The molecule has 0 aromatic carbocycles. The molecule has 0 saturated carbocycles. The van der Waals surface area contributed by atoms with Crippen molar-refractivity contribution < 1.29 is 29.1 Å². The van der Waals surface area contributed by atoms with Crippen LogP contribution < -0.4 is 22.1 Å². The number of hydrogen-bond acceptors (Lipinski definition) is 6. The quantitative estimate of drug-likeness (QED) is 0.245. The molecule has 6 atom stereocenters. The molecular formula is C22H39N5O6. The second-order valence-corrected chi connectivity index (χ2v) is 8.88. The number of carboxylic acid groups (broad SMARTS) is 1. The van der Waals surface area contributed by atoms with E-state index in [1.54, 1.807) is 6.92 Å². The fourth-order valence-electron chi connectivity index (χ4n) is 3.76. The summed E-state index contributed by atoms with van der Waals surface area (Å²) >= 11 is 0. The van der Waals surface area contributed by atoms with E-state index in [2.05, 4.69) is 10.6 Å². The number of carbonyl (C=O) groups is 5. The lowest BCUT2D eigenvalue weighted by atomic mass is 9.98. The average molecular weight is 470 g/mol. The van der Waals surface area contributed by atoms with Crippen molar-refractivity contribution in [1.29, 1.82) is 0 Å². The van der Waals surface area contributed by atoms with Crippen LogP contribution in [0.25, 0.3) is 0 Å². The summed E-state index contributed by atoms with van der Waals surface area (Å²) in [4.78, 5) is 63.0. The number of aliphatic carboxylic acids is 1. The van der Waals surface area contributed by atoms with Crippen molar-refractivity contribution in [2.24, 2.45) is 23.3 Å². The normalized spacial score (nSPS) is 20.3. The van der Waals surface area contributed by atoms with Gasteiger partial charge in [-0.3, -0.25) is 19.2 Å².